The quantitative estimate of drug-likeness (QED) is 0.829. The van der Waals surface area contributed by atoms with Crippen LogP contribution in [0.4, 0.5) is 0 Å². The molecule has 1 rings (SSSR count). The Bertz CT molecular complexity index is 435. The van der Waals surface area contributed by atoms with E-state index in [4.69, 9.17) is 5.11 Å². The van der Waals surface area contributed by atoms with Crippen molar-refractivity contribution in [1.29, 1.82) is 0 Å². The molecule has 0 unspecified atom stereocenters. The molecule has 2 N–H and O–H groups in total. The molecule has 0 aliphatic carbocycles. The lowest BCUT2D eigenvalue weighted by atomic mass is 10.2. The van der Waals surface area contributed by atoms with Gasteiger partial charge in [0.1, 0.15) is 11.3 Å². The van der Waals surface area contributed by atoms with Crippen LogP contribution in [0, 0.1) is 0 Å². The fraction of sp³-hybridized carbons (Fsp3) is 0.545. The lowest BCUT2D eigenvalue weighted by molar-refractivity contribution is 0.0689. The van der Waals surface area contributed by atoms with Crippen LogP contribution < -0.4 is 5.32 Å². The van der Waals surface area contributed by atoms with Crippen molar-refractivity contribution >= 4 is 11.9 Å². The number of hydrogen-bond acceptors (Lipinski definition) is 3. The first-order chi connectivity index (χ1) is 7.84. The number of carboxylic acid groups (broad SMARTS) is 1. The van der Waals surface area contributed by atoms with E-state index in [1.54, 1.807) is 0 Å². The first kappa shape index (κ1) is 13.2. The monoisotopic (exact) mass is 239 g/mol. The van der Waals surface area contributed by atoms with Gasteiger partial charge in [-0.3, -0.25) is 9.48 Å². The van der Waals surface area contributed by atoms with Crippen molar-refractivity contribution in [2.45, 2.75) is 39.8 Å². The summed E-state index contributed by atoms with van der Waals surface area (Å²) in [4.78, 5) is 22.9. The van der Waals surface area contributed by atoms with Crippen LogP contribution in [0.2, 0.25) is 0 Å². The molecule has 0 radical (unpaired) electrons. The molecule has 1 amide bonds. The summed E-state index contributed by atoms with van der Waals surface area (Å²) in [7, 11) is 0. The van der Waals surface area contributed by atoms with E-state index in [0.717, 1.165) is 0 Å². The van der Waals surface area contributed by atoms with E-state index in [1.807, 2.05) is 27.7 Å². The molecule has 17 heavy (non-hydrogen) atoms. The van der Waals surface area contributed by atoms with Crippen molar-refractivity contribution in [3.63, 3.8) is 0 Å². The highest BCUT2D eigenvalue weighted by molar-refractivity contribution is 6.03. The number of nitrogens with zero attached hydrogens (tertiary/aromatic N) is 2. The Balaban J connectivity index is 3.21. The van der Waals surface area contributed by atoms with Gasteiger partial charge in [0, 0.05) is 12.1 Å². The van der Waals surface area contributed by atoms with E-state index >= 15 is 0 Å². The van der Waals surface area contributed by atoms with Crippen molar-refractivity contribution in [3.8, 4) is 0 Å². The van der Waals surface area contributed by atoms with Crippen LogP contribution in [0.15, 0.2) is 6.20 Å². The third-order valence-electron chi connectivity index (χ3n) is 2.15. The van der Waals surface area contributed by atoms with E-state index < -0.39 is 11.9 Å². The second kappa shape index (κ2) is 4.99. The van der Waals surface area contributed by atoms with E-state index in [-0.39, 0.29) is 23.3 Å². The van der Waals surface area contributed by atoms with Crippen molar-refractivity contribution < 1.29 is 14.7 Å². The molecule has 0 saturated heterocycles. The standard InChI is InChI=1S/C11H17N3O3/c1-6(2)13-10(15)9-8(11(16)17)5-12-14(9)7(3)4/h5-7H,1-4H3,(H,13,15)(H,16,17). The van der Waals surface area contributed by atoms with Gasteiger partial charge in [-0.15, -0.1) is 0 Å². The molecule has 0 atom stereocenters. The number of amides is 1. The van der Waals surface area contributed by atoms with Gasteiger partial charge in [-0.25, -0.2) is 4.79 Å². The van der Waals surface area contributed by atoms with Crippen LogP contribution >= 0.6 is 0 Å². The van der Waals surface area contributed by atoms with Gasteiger partial charge < -0.3 is 10.4 Å². The highest BCUT2D eigenvalue weighted by atomic mass is 16.4. The smallest absolute Gasteiger partial charge is 0.339 e. The third-order valence-corrected chi connectivity index (χ3v) is 2.15. The first-order valence-electron chi connectivity index (χ1n) is 5.46. The van der Waals surface area contributed by atoms with Crippen molar-refractivity contribution in [2.24, 2.45) is 0 Å². The van der Waals surface area contributed by atoms with Crippen LogP contribution in [0.1, 0.15) is 54.6 Å². The molecule has 0 aromatic carbocycles. The number of rotatable bonds is 4. The maximum atomic E-state index is 11.9. The van der Waals surface area contributed by atoms with Crippen molar-refractivity contribution in [1.82, 2.24) is 15.1 Å². The second-order valence-corrected chi connectivity index (χ2v) is 4.38. The average molecular weight is 239 g/mol. The summed E-state index contributed by atoms with van der Waals surface area (Å²) < 4.78 is 1.42. The number of carboxylic acids is 1. The molecule has 1 aromatic heterocycles. The van der Waals surface area contributed by atoms with Gasteiger partial charge >= 0.3 is 5.97 Å². The summed E-state index contributed by atoms with van der Waals surface area (Å²) in [5, 5.41) is 15.6. The molecule has 94 valence electrons. The minimum atomic E-state index is -1.15. The Hall–Kier alpha value is -1.85. The van der Waals surface area contributed by atoms with E-state index in [9.17, 15) is 9.59 Å². The summed E-state index contributed by atoms with van der Waals surface area (Å²) in [6.07, 6.45) is 1.21. The molecule has 0 saturated carbocycles. The van der Waals surface area contributed by atoms with Gasteiger partial charge in [0.2, 0.25) is 0 Å². The number of carbonyl (C=O) groups excluding carboxylic acids is 1. The minimum absolute atomic E-state index is 0.0559. The molecule has 6 heteroatoms. The topological polar surface area (TPSA) is 84.2 Å². The zero-order valence-corrected chi connectivity index (χ0v) is 10.4. The SMILES string of the molecule is CC(C)NC(=O)c1c(C(=O)O)cnn1C(C)C. The average Bonchev–Trinajstić information content (AvgIpc) is 2.59. The van der Waals surface area contributed by atoms with Gasteiger partial charge in [0.25, 0.3) is 5.91 Å². The third kappa shape index (κ3) is 2.83. The molecule has 0 fully saturated rings. The van der Waals surface area contributed by atoms with Crippen LogP contribution in [-0.2, 0) is 0 Å². The first-order valence-corrected chi connectivity index (χ1v) is 5.46. The Kier molecular flexibility index (Phi) is 3.88. The highest BCUT2D eigenvalue weighted by Gasteiger charge is 2.24. The van der Waals surface area contributed by atoms with Crippen LogP contribution in [0.25, 0.3) is 0 Å². The molecule has 0 aliphatic heterocycles. The molecule has 0 aliphatic rings. The van der Waals surface area contributed by atoms with E-state index in [1.165, 1.54) is 10.9 Å². The number of carbonyl (C=O) groups is 2. The number of hydrogen-bond donors (Lipinski definition) is 2. The van der Waals surface area contributed by atoms with Gasteiger partial charge in [0.05, 0.1) is 6.20 Å². The summed E-state index contributed by atoms with van der Waals surface area (Å²) in [6.45, 7) is 7.30. The van der Waals surface area contributed by atoms with E-state index in [2.05, 4.69) is 10.4 Å². The molecule has 0 spiro atoms. The summed E-state index contributed by atoms with van der Waals surface area (Å²) in [6, 6.07) is -0.129. The number of nitrogens with one attached hydrogen (secondary N) is 1. The summed E-state index contributed by atoms with van der Waals surface area (Å²) >= 11 is 0. The lowest BCUT2D eigenvalue weighted by Crippen LogP contribution is -2.33. The molecule has 0 bridgehead atoms. The van der Waals surface area contributed by atoms with Crippen molar-refractivity contribution in [2.75, 3.05) is 0 Å². The zero-order chi connectivity index (χ0) is 13.2. The number of aromatic nitrogens is 2. The molecular formula is C11H17N3O3. The fourth-order valence-corrected chi connectivity index (χ4v) is 1.47. The molecule has 6 nitrogen and oxygen atoms in total. The second-order valence-electron chi connectivity index (χ2n) is 4.38. The summed E-state index contributed by atoms with van der Waals surface area (Å²) in [5.74, 6) is -1.56. The minimum Gasteiger partial charge on any atom is -0.478 e. The predicted molar refractivity (Wildman–Crippen MR) is 62.2 cm³/mol. The lowest BCUT2D eigenvalue weighted by Gasteiger charge is -2.13. The maximum Gasteiger partial charge on any atom is 0.339 e. The van der Waals surface area contributed by atoms with Crippen LogP contribution in [0.3, 0.4) is 0 Å². The fourth-order valence-electron chi connectivity index (χ4n) is 1.47. The maximum absolute atomic E-state index is 11.9. The molecule has 1 aromatic rings. The Labute approximate surface area is 99.6 Å². The van der Waals surface area contributed by atoms with Crippen LogP contribution in [-0.4, -0.2) is 32.8 Å². The Morgan fingerprint density at radius 1 is 1.35 bits per heavy atom. The zero-order valence-electron chi connectivity index (χ0n) is 10.4. The highest BCUT2D eigenvalue weighted by Crippen LogP contribution is 2.14. The predicted octanol–water partition coefficient (Wildman–Crippen LogP) is 1.30. The summed E-state index contributed by atoms with van der Waals surface area (Å²) in [5.41, 5.74) is 0.0260. The van der Waals surface area contributed by atoms with Gasteiger partial charge in [-0.1, -0.05) is 0 Å². The van der Waals surface area contributed by atoms with Gasteiger partial charge in [-0.05, 0) is 27.7 Å². The largest absolute Gasteiger partial charge is 0.478 e. The van der Waals surface area contributed by atoms with E-state index in [0.29, 0.717) is 0 Å². The normalized spacial score (nSPS) is 10.9. The van der Waals surface area contributed by atoms with Gasteiger partial charge in [-0.2, -0.15) is 5.10 Å². The molecular weight excluding hydrogens is 222 g/mol. The van der Waals surface area contributed by atoms with Crippen molar-refractivity contribution in [3.05, 3.63) is 17.5 Å². The Morgan fingerprint density at radius 3 is 2.35 bits per heavy atom. The van der Waals surface area contributed by atoms with Crippen LogP contribution in [0.5, 0.6) is 0 Å². The van der Waals surface area contributed by atoms with Gasteiger partial charge in [0.15, 0.2) is 0 Å². The number of aromatic carboxylic acids is 1. The molecule has 1 heterocycles. The Morgan fingerprint density at radius 2 is 1.94 bits per heavy atom.